The van der Waals surface area contributed by atoms with Crippen molar-refractivity contribution in [2.45, 2.75) is 31.8 Å². The topological polar surface area (TPSA) is 83.2 Å². The summed E-state index contributed by atoms with van der Waals surface area (Å²) in [5, 5.41) is 6.08. The highest BCUT2D eigenvalue weighted by Crippen LogP contribution is 2.18. The molecule has 0 saturated heterocycles. The maximum atomic E-state index is 11.4. The van der Waals surface area contributed by atoms with E-state index in [1.807, 2.05) is 6.07 Å². The van der Waals surface area contributed by atoms with Gasteiger partial charge in [0.25, 0.3) is 0 Å². The number of H-pyrrole nitrogens is 1. The molecule has 1 aromatic rings. The summed E-state index contributed by atoms with van der Waals surface area (Å²) in [5.74, 6) is -0.285. The summed E-state index contributed by atoms with van der Waals surface area (Å²) in [6.07, 6.45) is 2.69. The minimum atomic E-state index is -0.380. The smallest absolute Gasteiger partial charge is 0.354 e. The van der Waals surface area contributed by atoms with Gasteiger partial charge in [0.2, 0.25) is 5.91 Å². The lowest BCUT2D eigenvalue weighted by molar-refractivity contribution is -0.121. The van der Waals surface area contributed by atoms with E-state index < -0.39 is 0 Å². The van der Waals surface area contributed by atoms with Gasteiger partial charge >= 0.3 is 5.97 Å². The van der Waals surface area contributed by atoms with Crippen molar-refractivity contribution in [3.8, 4) is 0 Å². The number of aromatic nitrogens is 1. The van der Waals surface area contributed by atoms with Crippen LogP contribution >= 0.6 is 0 Å². The summed E-state index contributed by atoms with van der Waals surface area (Å²) in [4.78, 5) is 25.6. The Bertz CT molecular complexity index is 452. The molecule has 1 aromatic heterocycles. The first-order valence-electron chi connectivity index (χ1n) is 6.45. The van der Waals surface area contributed by atoms with Crippen LogP contribution in [0.5, 0.6) is 0 Å². The summed E-state index contributed by atoms with van der Waals surface area (Å²) in [5.41, 5.74) is 1.33. The van der Waals surface area contributed by atoms with Crippen LogP contribution in [0.3, 0.4) is 0 Å². The average Bonchev–Trinajstić information content (AvgIpc) is 3.08. The van der Waals surface area contributed by atoms with Gasteiger partial charge in [-0.1, -0.05) is 0 Å². The second kappa shape index (κ2) is 6.38. The van der Waals surface area contributed by atoms with E-state index in [9.17, 15) is 9.59 Å². The molecule has 1 saturated carbocycles. The van der Waals surface area contributed by atoms with Crippen LogP contribution < -0.4 is 10.6 Å². The van der Waals surface area contributed by atoms with Gasteiger partial charge in [-0.2, -0.15) is 0 Å². The van der Waals surface area contributed by atoms with E-state index in [0.717, 1.165) is 18.5 Å². The van der Waals surface area contributed by atoms with Gasteiger partial charge in [0.1, 0.15) is 5.69 Å². The van der Waals surface area contributed by atoms with Gasteiger partial charge in [-0.3, -0.25) is 4.79 Å². The summed E-state index contributed by atoms with van der Waals surface area (Å²) < 4.78 is 4.61. The summed E-state index contributed by atoms with van der Waals surface area (Å²) in [7, 11) is 1.35. The Morgan fingerprint density at radius 1 is 1.42 bits per heavy atom. The lowest BCUT2D eigenvalue weighted by atomic mass is 10.3. The molecule has 6 heteroatoms. The van der Waals surface area contributed by atoms with Crippen LogP contribution in [0.15, 0.2) is 12.1 Å². The van der Waals surface area contributed by atoms with Crippen molar-refractivity contribution < 1.29 is 14.3 Å². The fraction of sp³-hybridized carbons (Fsp3) is 0.538. The predicted octanol–water partition coefficient (Wildman–Crippen LogP) is 0.560. The number of hydrogen-bond acceptors (Lipinski definition) is 4. The van der Waals surface area contributed by atoms with Gasteiger partial charge in [-0.15, -0.1) is 0 Å². The first-order chi connectivity index (χ1) is 9.19. The molecule has 1 amide bonds. The van der Waals surface area contributed by atoms with Gasteiger partial charge in [0.05, 0.1) is 7.11 Å². The van der Waals surface area contributed by atoms with Crippen LogP contribution in [0, 0.1) is 0 Å². The van der Waals surface area contributed by atoms with Gasteiger partial charge in [-0.25, -0.2) is 4.79 Å². The number of rotatable bonds is 7. The standard InChI is InChI=1S/C13H19N3O3/c1-19-13(18)11-5-4-10(15-11)8-14-7-6-12(17)16-9-2-3-9/h4-5,9,14-15H,2-3,6-8H2,1H3,(H,16,17). The molecule has 0 atom stereocenters. The number of carbonyl (C=O) groups is 2. The van der Waals surface area contributed by atoms with Crippen LogP contribution in [0.2, 0.25) is 0 Å². The molecule has 2 rings (SSSR count). The molecule has 0 unspecified atom stereocenters. The molecule has 0 aliphatic heterocycles. The molecule has 1 aliphatic carbocycles. The molecule has 1 heterocycles. The van der Waals surface area contributed by atoms with Gasteiger partial charge in [0, 0.05) is 31.2 Å². The van der Waals surface area contributed by atoms with Crippen molar-refractivity contribution in [1.29, 1.82) is 0 Å². The van der Waals surface area contributed by atoms with Crippen LogP contribution in [-0.2, 0) is 16.1 Å². The van der Waals surface area contributed by atoms with E-state index in [1.165, 1.54) is 7.11 Å². The monoisotopic (exact) mass is 265 g/mol. The molecule has 0 radical (unpaired) electrons. The Morgan fingerprint density at radius 3 is 2.89 bits per heavy atom. The van der Waals surface area contributed by atoms with E-state index in [1.54, 1.807) is 6.07 Å². The van der Waals surface area contributed by atoms with Crippen LogP contribution in [0.4, 0.5) is 0 Å². The number of ether oxygens (including phenoxy) is 1. The number of nitrogens with one attached hydrogen (secondary N) is 3. The van der Waals surface area contributed by atoms with Gasteiger partial charge in [0.15, 0.2) is 0 Å². The number of hydrogen-bond donors (Lipinski definition) is 3. The highest BCUT2D eigenvalue weighted by atomic mass is 16.5. The lowest BCUT2D eigenvalue weighted by Gasteiger charge is -2.04. The largest absolute Gasteiger partial charge is 0.464 e. The minimum Gasteiger partial charge on any atom is -0.464 e. The SMILES string of the molecule is COC(=O)c1ccc(CNCCC(=O)NC2CC2)[nH]1. The van der Waals surface area contributed by atoms with Crippen molar-refractivity contribution in [1.82, 2.24) is 15.6 Å². The second-order valence-electron chi connectivity index (χ2n) is 4.66. The number of carbonyl (C=O) groups excluding carboxylic acids is 2. The zero-order chi connectivity index (χ0) is 13.7. The van der Waals surface area contributed by atoms with E-state index >= 15 is 0 Å². The van der Waals surface area contributed by atoms with Crippen molar-refractivity contribution in [2.24, 2.45) is 0 Å². The molecular weight excluding hydrogens is 246 g/mol. The molecule has 0 spiro atoms. The highest BCUT2D eigenvalue weighted by molar-refractivity contribution is 5.87. The Hall–Kier alpha value is -1.82. The lowest BCUT2D eigenvalue weighted by Crippen LogP contribution is -2.29. The predicted molar refractivity (Wildman–Crippen MR) is 69.6 cm³/mol. The average molecular weight is 265 g/mol. The van der Waals surface area contributed by atoms with Crippen molar-refractivity contribution in [2.75, 3.05) is 13.7 Å². The Kier molecular flexibility index (Phi) is 4.57. The van der Waals surface area contributed by atoms with Crippen molar-refractivity contribution in [3.63, 3.8) is 0 Å². The van der Waals surface area contributed by atoms with Crippen LogP contribution in [-0.4, -0.2) is 36.6 Å². The molecular formula is C13H19N3O3. The zero-order valence-corrected chi connectivity index (χ0v) is 11.0. The normalized spacial score (nSPS) is 14.2. The molecule has 0 bridgehead atoms. The molecule has 104 valence electrons. The van der Waals surface area contributed by atoms with E-state index in [-0.39, 0.29) is 11.9 Å². The third kappa shape index (κ3) is 4.40. The Balaban J connectivity index is 1.63. The second-order valence-corrected chi connectivity index (χ2v) is 4.66. The first kappa shape index (κ1) is 13.6. The van der Waals surface area contributed by atoms with Crippen LogP contribution in [0.25, 0.3) is 0 Å². The van der Waals surface area contributed by atoms with Gasteiger partial charge in [-0.05, 0) is 25.0 Å². The third-order valence-corrected chi connectivity index (χ3v) is 2.94. The minimum absolute atomic E-state index is 0.0942. The van der Waals surface area contributed by atoms with E-state index in [0.29, 0.717) is 31.2 Å². The number of esters is 1. The maximum Gasteiger partial charge on any atom is 0.354 e. The molecule has 19 heavy (non-hydrogen) atoms. The molecule has 3 N–H and O–H groups in total. The maximum absolute atomic E-state index is 11.4. The molecule has 6 nitrogen and oxygen atoms in total. The molecule has 0 aromatic carbocycles. The van der Waals surface area contributed by atoms with Crippen molar-refractivity contribution >= 4 is 11.9 Å². The molecule has 1 fully saturated rings. The highest BCUT2D eigenvalue weighted by Gasteiger charge is 2.22. The zero-order valence-electron chi connectivity index (χ0n) is 11.0. The fourth-order valence-corrected chi connectivity index (χ4v) is 1.72. The van der Waals surface area contributed by atoms with E-state index in [4.69, 9.17) is 0 Å². The van der Waals surface area contributed by atoms with E-state index in [2.05, 4.69) is 20.4 Å². The van der Waals surface area contributed by atoms with Gasteiger partial charge < -0.3 is 20.4 Å². The third-order valence-electron chi connectivity index (χ3n) is 2.94. The first-order valence-corrected chi connectivity index (χ1v) is 6.45. The van der Waals surface area contributed by atoms with Crippen LogP contribution in [0.1, 0.15) is 35.4 Å². The fourth-order valence-electron chi connectivity index (χ4n) is 1.72. The Morgan fingerprint density at radius 2 is 2.21 bits per heavy atom. The quantitative estimate of drug-likeness (QED) is 0.497. The summed E-state index contributed by atoms with van der Waals surface area (Å²) in [6.45, 7) is 1.21. The summed E-state index contributed by atoms with van der Waals surface area (Å²) >= 11 is 0. The van der Waals surface area contributed by atoms with Crippen molar-refractivity contribution in [3.05, 3.63) is 23.5 Å². The number of methoxy groups -OCH3 is 1. The number of amides is 1. The Labute approximate surface area is 111 Å². The summed E-state index contributed by atoms with van der Waals surface area (Å²) in [6, 6.07) is 3.92. The number of aromatic amines is 1. The molecule has 1 aliphatic rings.